The minimum atomic E-state index is -0.156. The van der Waals surface area contributed by atoms with Crippen LogP contribution in [0.25, 0.3) is 0 Å². The van der Waals surface area contributed by atoms with Crippen molar-refractivity contribution in [3.8, 4) is 0 Å². The predicted molar refractivity (Wildman–Crippen MR) is 86.5 cm³/mol. The van der Waals surface area contributed by atoms with Crippen LogP contribution in [0.2, 0.25) is 0 Å². The second-order valence-electron chi connectivity index (χ2n) is 8.88. The second-order valence-corrected chi connectivity index (χ2v) is 8.88. The third kappa shape index (κ3) is 3.54. The van der Waals surface area contributed by atoms with E-state index in [1.54, 1.807) is 0 Å². The molecule has 0 amide bonds. The third-order valence-electron chi connectivity index (χ3n) is 6.50. The van der Waals surface area contributed by atoms with Gasteiger partial charge in [0.1, 0.15) is 0 Å². The Kier molecular flexibility index (Phi) is 5.38. The van der Waals surface area contributed by atoms with E-state index in [9.17, 15) is 0 Å². The number of rotatable bonds is 6. The van der Waals surface area contributed by atoms with Gasteiger partial charge in [0.15, 0.2) is 0 Å². The fourth-order valence-corrected chi connectivity index (χ4v) is 2.29. The van der Waals surface area contributed by atoms with Crippen molar-refractivity contribution in [2.75, 3.05) is 0 Å². The van der Waals surface area contributed by atoms with Gasteiger partial charge in [-0.3, -0.25) is 0 Å². The Labute approximate surface area is 122 Å². The number of ether oxygens (including phenoxy) is 1. The smallest absolute Gasteiger partial charge is 0.0687 e. The van der Waals surface area contributed by atoms with Crippen molar-refractivity contribution in [1.29, 1.82) is 0 Å². The molecule has 1 nitrogen and oxygen atoms in total. The minimum Gasteiger partial charge on any atom is -0.369 e. The molecule has 0 unspecified atom stereocenters. The summed E-state index contributed by atoms with van der Waals surface area (Å²) in [5.41, 5.74) is -0.0394. The summed E-state index contributed by atoms with van der Waals surface area (Å²) in [4.78, 5) is 0. The first-order valence-corrected chi connectivity index (χ1v) is 7.79. The van der Waals surface area contributed by atoms with Gasteiger partial charge < -0.3 is 4.74 Å². The zero-order valence-electron chi connectivity index (χ0n) is 15.6. The Morgan fingerprint density at radius 2 is 0.737 bits per heavy atom. The third-order valence-corrected chi connectivity index (χ3v) is 6.50. The Balaban J connectivity index is 5.34. The molecule has 0 radical (unpaired) electrons. The van der Waals surface area contributed by atoms with Crippen LogP contribution in [0, 0.1) is 22.7 Å². The van der Waals surface area contributed by atoms with E-state index in [1.165, 1.54) is 0 Å². The largest absolute Gasteiger partial charge is 0.369 e. The Morgan fingerprint density at radius 1 is 0.526 bits per heavy atom. The lowest BCUT2D eigenvalue weighted by molar-refractivity contribution is -0.228. The van der Waals surface area contributed by atoms with Gasteiger partial charge >= 0.3 is 0 Å². The van der Waals surface area contributed by atoms with Crippen LogP contribution in [0.4, 0.5) is 0 Å². The topological polar surface area (TPSA) is 9.23 Å². The number of hydrogen-bond donors (Lipinski definition) is 0. The van der Waals surface area contributed by atoms with Gasteiger partial charge in [-0.1, -0.05) is 55.4 Å². The average Bonchev–Trinajstić information content (AvgIpc) is 2.14. The molecule has 0 bridgehead atoms. The van der Waals surface area contributed by atoms with E-state index >= 15 is 0 Å². The second kappa shape index (κ2) is 5.39. The first kappa shape index (κ1) is 19.0. The SMILES string of the molecule is CC(C)C(C)(C)C(C)(C)OC(C)(C)C(C)(C)C(C)C. The van der Waals surface area contributed by atoms with Crippen molar-refractivity contribution in [2.24, 2.45) is 22.7 Å². The molecule has 0 saturated carbocycles. The van der Waals surface area contributed by atoms with E-state index < -0.39 is 0 Å². The standard InChI is InChI=1S/C18H38O/c1-13(2)15(5,6)17(9,10)19-18(11,12)16(7,8)14(3)4/h13-14H,1-12H3. The molecule has 0 rings (SSSR count). The number of hydrogen-bond acceptors (Lipinski definition) is 1. The summed E-state index contributed by atoms with van der Waals surface area (Å²) in [6, 6.07) is 0. The van der Waals surface area contributed by atoms with Crippen LogP contribution in [-0.2, 0) is 4.74 Å². The zero-order chi connectivity index (χ0) is 15.9. The van der Waals surface area contributed by atoms with Crippen molar-refractivity contribution in [1.82, 2.24) is 0 Å². The van der Waals surface area contributed by atoms with Crippen molar-refractivity contribution in [3.63, 3.8) is 0 Å². The summed E-state index contributed by atoms with van der Waals surface area (Å²) in [6.45, 7) is 27.4. The van der Waals surface area contributed by atoms with Crippen molar-refractivity contribution >= 4 is 0 Å². The minimum absolute atomic E-state index is 0.136. The molecule has 0 atom stereocenters. The summed E-state index contributed by atoms with van der Waals surface area (Å²) in [7, 11) is 0. The highest BCUT2D eigenvalue weighted by atomic mass is 16.5. The highest BCUT2D eigenvalue weighted by molar-refractivity contribution is 4.97. The van der Waals surface area contributed by atoms with E-state index in [0.717, 1.165) is 0 Å². The maximum Gasteiger partial charge on any atom is 0.0687 e. The van der Waals surface area contributed by atoms with Crippen molar-refractivity contribution < 1.29 is 4.74 Å². The van der Waals surface area contributed by atoms with Gasteiger partial charge in [-0.15, -0.1) is 0 Å². The van der Waals surface area contributed by atoms with Gasteiger partial charge in [-0.2, -0.15) is 0 Å². The Morgan fingerprint density at radius 3 is 0.895 bits per heavy atom. The van der Waals surface area contributed by atoms with Crippen LogP contribution in [-0.4, -0.2) is 11.2 Å². The maximum atomic E-state index is 6.68. The van der Waals surface area contributed by atoms with Crippen molar-refractivity contribution in [3.05, 3.63) is 0 Å². The lowest BCUT2D eigenvalue weighted by Crippen LogP contribution is -2.55. The quantitative estimate of drug-likeness (QED) is 0.581. The molecule has 0 aromatic carbocycles. The van der Waals surface area contributed by atoms with Gasteiger partial charge in [0.25, 0.3) is 0 Å². The van der Waals surface area contributed by atoms with Gasteiger partial charge in [-0.05, 0) is 50.4 Å². The van der Waals surface area contributed by atoms with E-state index in [4.69, 9.17) is 4.74 Å². The first-order chi connectivity index (χ1) is 8.09. The normalized spacial score (nSPS) is 15.5. The van der Waals surface area contributed by atoms with Crippen LogP contribution < -0.4 is 0 Å². The summed E-state index contributed by atoms with van der Waals surface area (Å²) < 4.78 is 6.68. The molecule has 0 heterocycles. The molecule has 116 valence electrons. The molecule has 0 fully saturated rings. The van der Waals surface area contributed by atoms with Gasteiger partial charge in [-0.25, -0.2) is 0 Å². The summed E-state index contributed by atoms with van der Waals surface area (Å²) >= 11 is 0. The summed E-state index contributed by atoms with van der Waals surface area (Å²) in [5, 5.41) is 0. The molecule has 0 aliphatic rings. The molecule has 0 aromatic rings. The van der Waals surface area contributed by atoms with Crippen LogP contribution in [0.15, 0.2) is 0 Å². The Bertz CT molecular complexity index is 263. The van der Waals surface area contributed by atoms with E-state index in [0.29, 0.717) is 11.8 Å². The van der Waals surface area contributed by atoms with Crippen LogP contribution in [0.5, 0.6) is 0 Å². The van der Waals surface area contributed by atoms with Gasteiger partial charge in [0.05, 0.1) is 11.2 Å². The highest BCUT2D eigenvalue weighted by Gasteiger charge is 2.48. The fraction of sp³-hybridized carbons (Fsp3) is 1.00. The zero-order valence-corrected chi connectivity index (χ0v) is 15.6. The first-order valence-electron chi connectivity index (χ1n) is 7.79. The van der Waals surface area contributed by atoms with E-state index in [2.05, 4.69) is 83.1 Å². The van der Waals surface area contributed by atoms with Crippen LogP contribution in [0.1, 0.15) is 83.1 Å². The van der Waals surface area contributed by atoms with E-state index in [-0.39, 0.29) is 22.0 Å². The van der Waals surface area contributed by atoms with Crippen molar-refractivity contribution in [2.45, 2.75) is 94.3 Å². The Hall–Kier alpha value is -0.0400. The molecule has 0 aliphatic carbocycles. The van der Waals surface area contributed by atoms with E-state index in [1.807, 2.05) is 0 Å². The lowest BCUT2D eigenvalue weighted by atomic mass is 9.66. The molecule has 0 saturated heterocycles. The summed E-state index contributed by atoms with van der Waals surface area (Å²) in [5.74, 6) is 1.17. The van der Waals surface area contributed by atoms with Crippen LogP contribution in [0.3, 0.4) is 0 Å². The molecule has 0 aliphatic heterocycles. The maximum absolute atomic E-state index is 6.68. The molecule has 1 heteroatoms. The molecule has 0 aromatic heterocycles. The molecular weight excluding hydrogens is 232 g/mol. The van der Waals surface area contributed by atoms with Gasteiger partial charge in [0, 0.05) is 0 Å². The van der Waals surface area contributed by atoms with Gasteiger partial charge in [0.2, 0.25) is 0 Å². The predicted octanol–water partition coefficient (Wildman–Crippen LogP) is 5.92. The van der Waals surface area contributed by atoms with Crippen LogP contribution >= 0.6 is 0 Å². The molecule has 0 spiro atoms. The molecular formula is C18H38O. The average molecular weight is 271 g/mol. The molecule has 19 heavy (non-hydrogen) atoms. The monoisotopic (exact) mass is 270 g/mol. The lowest BCUT2D eigenvalue weighted by Gasteiger charge is -2.53. The fourth-order valence-electron chi connectivity index (χ4n) is 2.29. The highest BCUT2D eigenvalue weighted by Crippen LogP contribution is 2.48. The summed E-state index contributed by atoms with van der Waals surface area (Å²) in [6.07, 6.45) is 0. The molecule has 0 N–H and O–H groups in total.